The molecule has 0 atom stereocenters. The van der Waals surface area contributed by atoms with Gasteiger partial charge in [-0.2, -0.15) is 0 Å². The van der Waals surface area contributed by atoms with Crippen molar-refractivity contribution in [3.8, 4) is 11.5 Å². The summed E-state index contributed by atoms with van der Waals surface area (Å²) < 4.78 is 10.1. The molecule has 10 heteroatoms. The maximum atomic E-state index is 10.3. The van der Waals surface area contributed by atoms with E-state index in [1.807, 2.05) is 11.8 Å². The van der Waals surface area contributed by atoms with E-state index in [-0.39, 0.29) is 0 Å². The fourth-order valence-electron chi connectivity index (χ4n) is 4.57. The van der Waals surface area contributed by atoms with Crippen LogP contribution < -0.4 is 9.47 Å². The molecule has 0 amide bonds. The van der Waals surface area contributed by atoms with Gasteiger partial charge in [-0.3, -0.25) is 0 Å². The van der Waals surface area contributed by atoms with Gasteiger partial charge in [0.25, 0.3) is 0 Å². The molecule has 44 heavy (non-hydrogen) atoms. The second-order valence-corrected chi connectivity index (χ2v) is 10.8. The molecule has 0 unspecified atom stereocenters. The molecule has 0 spiro atoms. The third kappa shape index (κ3) is 9.89. The number of rotatable bonds is 6. The monoisotopic (exact) mass is 617 g/mol. The fourth-order valence-corrected chi connectivity index (χ4v) is 5.66. The zero-order valence-electron chi connectivity index (χ0n) is 24.7. The molecule has 0 aliphatic carbocycles. The first-order valence-electron chi connectivity index (χ1n) is 13.7. The van der Waals surface area contributed by atoms with E-state index in [2.05, 4.69) is 60.5 Å². The first kappa shape index (κ1) is 33.7. The van der Waals surface area contributed by atoms with Crippen LogP contribution in [0.25, 0.3) is 11.6 Å². The van der Waals surface area contributed by atoms with Gasteiger partial charge >= 0.3 is 17.9 Å². The Morgan fingerprint density at radius 1 is 0.727 bits per heavy atom. The highest BCUT2D eigenvalue weighted by Gasteiger charge is 2.24. The summed E-state index contributed by atoms with van der Waals surface area (Å²) in [7, 11) is 5.30. The number of aliphatic carboxylic acids is 3. The molecule has 5 rings (SSSR count). The zero-order valence-corrected chi connectivity index (χ0v) is 25.5. The number of hydrogen-bond acceptors (Lipinski definition) is 7. The van der Waals surface area contributed by atoms with Crippen LogP contribution >= 0.6 is 11.8 Å². The van der Waals surface area contributed by atoms with Crippen LogP contribution in [0.1, 0.15) is 29.5 Å². The lowest BCUT2D eigenvalue weighted by Crippen LogP contribution is -2.27. The van der Waals surface area contributed by atoms with Crippen molar-refractivity contribution >= 4 is 41.3 Å². The van der Waals surface area contributed by atoms with Crippen LogP contribution in [-0.2, 0) is 14.4 Å². The molecule has 2 aliphatic rings. The van der Waals surface area contributed by atoms with Crippen molar-refractivity contribution < 1.29 is 39.2 Å². The van der Waals surface area contributed by atoms with Crippen molar-refractivity contribution in [2.45, 2.75) is 22.6 Å². The van der Waals surface area contributed by atoms with Crippen LogP contribution in [0.5, 0.6) is 11.5 Å². The molecule has 9 nitrogen and oxygen atoms in total. The Bertz CT molecular complexity index is 1500. The molecule has 1 saturated heterocycles. The molecule has 3 N–H and O–H groups in total. The number of benzene rings is 3. The van der Waals surface area contributed by atoms with Gasteiger partial charge in [0.1, 0.15) is 0 Å². The van der Waals surface area contributed by atoms with Gasteiger partial charge in [0.2, 0.25) is 0 Å². The Labute approximate surface area is 260 Å². The smallest absolute Gasteiger partial charge is 0.328 e. The average molecular weight is 618 g/mol. The van der Waals surface area contributed by atoms with Crippen molar-refractivity contribution in [3.63, 3.8) is 0 Å². The van der Waals surface area contributed by atoms with E-state index in [1.54, 1.807) is 30.9 Å². The zero-order chi connectivity index (χ0) is 32.1. The summed E-state index contributed by atoms with van der Waals surface area (Å²) in [5, 5.41) is 24.1. The highest BCUT2D eigenvalue weighted by atomic mass is 32.2. The number of carboxylic acid groups (broad SMARTS) is 3. The minimum absolute atomic E-state index is 0.558. The lowest BCUT2D eigenvalue weighted by Gasteiger charge is -2.30. The van der Waals surface area contributed by atoms with Crippen molar-refractivity contribution in [2.24, 2.45) is 0 Å². The lowest BCUT2D eigenvalue weighted by molar-refractivity contribution is -0.134. The van der Waals surface area contributed by atoms with Crippen LogP contribution in [0, 0.1) is 0 Å². The highest BCUT2D eigenvalue weighted by molar-refractivity contribution is 7.99. The third-order valence-corrected chi connectivity index (χ3v) is 7.82. The summed E-state index contributed by atoms with van der Waals surface area (Å²) >= 11 is 1.91. The van der Waals surface area contributed by atoms with Gasteiger partial charge in [-0.25, -0.2) is 14.4 Å². The number of carbonyl (C=O) groups is 3. The molecule has 0 saturated carbocycles. The van der Waals surface area contributed by atoms with Gasteiger partial charge < -0.3 is 29.7 Å². The first-order valence-corrected chi connectivity index (χ1v) is 14.5. The van der Waals surface area contributed by atoms with E-state index in [4.69, 9.17) is 24.8 Å². The van der Waals surface area contributed by atoms with E-state index in [1.165, 1.54) is 65.6 Å². The maximum Gasteiger partial charge on any atom is 0.328 e. The molecule has 3 aromatic carbocycles. The summed E-state index contributed by atoms with van der Waals surface area (Å²) in [5.74, 6) is -2.31. The Morgan fingerprint density at radius 2 is 1.23 bits per heavy atom. The van der Waals surface area contributed by atoms with Gasteiger partial charge in [-0.15, -0.1) is 0 Å². The van der Waals surface area contributed by atoms with Crippen molar-refractivity contribution in [2.75, 3.05) is 34.4 Å². The molecule has 2 aliphatic heterocycles. The SMILES string of the molecule is CN1CCC(=C2c3ccccc3Sc3ccccc32)CC1.COc1ccc(C=CC(=O)O)cc1OC.O=C(O)C=CC(=O)O. The first-order chi connectivity index (χ1) is 21.1. The van der Waals surface area contributed by atoms with Crippen molar-refractivity contribution in [1.82, 2.24) is 4.90 Å². The number of likely N-dealkylation sites (tertiary alicyclic amines) is 1. The van der Waals surface area contributed by atoms with Gasteiger partial charge in [0.15, 0.2) is 11.5 Å². The third-order valence-electron chi connectivity index (χ3n) is 6.67. The summed E-state index contributed by atoms with van der Waals surface area (Å²) in [6, 6.07) is 22.9. The molecular formula is C34H35NO8S. The van der Waals surface area contributed by atoms with E-state index in [0.29, 0.717) is 23.7 Å². The van der Waals surface area contributed by atoms with Crippen LogP contribution in [0.3, 0.4) is 0 Å². The minimum atomic E-state index is -1.26. The Hall–Kier alpha value is -4.80. The topological polar surface area (TPSA) is 134 Å². The van der Waals surface area contributed by atoms with Crippen molar-refractivity contribution in [1.29, 1.82) is 0 Å². The number of fused-ring (bicyclic) bond motifs is 2. The summed E-state index contributed by atoms with van der Waals surface area (Å²) in [4.78, 5) is 34.6. The molecule has 3 aromatic rings. The van der Waals surface area contributed by atoms with Gasteiger partial charge in [0.05, 0.1) is 14.2 Å². The standard InChI is InChI=1S/C19H19NS.C11H12O4.C4H4O4/c1-20-12-10-14(11-13-20)19-15-6-2-4-8-17(15)21-18-9-5-3-7-16(18)19;1-14-9-5-3-8(4-6-11(12)13)7-10(9)15-2;5-3(6)1-2-4(7)8/h2-9H,10-13H2,1H3;3-7H,1-2H3,(H,12,13);1-2H,(H,5,6)(H,7,8). The van der Waals surface area contributed by atoms with Gasteiger partial charge in [-0.05, 0) is 72.5 Å². The largest absolute Gasteiger partial charge is 0.493 e. The number of ether oxygens (including phenoxy) is 2. The molecule has 230 valence electrons. The van der Waals surface area contributed by atoms with Gasteiger partial charge in [-0.1, -0.05) is 59.8 Å². The Kier molecular flexibility index (Phi) is 12.8. The Morgan fingerprint density at radius 3 is 1.70 bits per heavy atom. The second-order valence-electron chi connectivity index (χ2n) is 9.67. The van der Waals surface area contributed by atoms with E-state index < -0.39 is 17.9 Å². The van der Waals surface area contributed by atoms with Crippen molar-refractivity contribution in [3.05, 3.63) is 107 Å². The van der Waals surface area contributed by atoms with E-state index >= 15 is 0 Å². The fraction of sp³-hybridized carbons (Fsp3) is 0.206. The number of methoxy groups -OCH3 is 2. The molecule has 1 fully saturated rings. The summed E-state index contributed by atoms with van der Waals surface area (Å²) in [6.45, 7) is 2.35. The predicted octanol–water partition coefficient (Wildman–Crippen LogP) is 6.19. The van der Waals surface area contributed by atoms with Crippen LogP contribution in [0.15, 0.2) is 100 Å². The van der Waals surface area contributed by atoms with E-state index in [0.717, 1.165) is 11.6 Å². The van der Waals surface area contributed by atoms with Crippen LogP contribution in [0.2, 0.25) is 0 Å². The molecule has 2 heterocycles. The van der Waals surface area contributed by atoms with Crippen LogP contribution in [0.4, 0.5) is 0 Å². The second kappa shape index (κ2) is 16.7. The quantitative estimate of drug-likeness (QED) is 0.215. The molecular weight excluding hydrogens is 582 g/mol. The van der Waals surface area contributed by atoms with Crippen LogP contribution in [-0.4, -0.2) is 72.5 Å². The average Bonchev–Trinajstić information content (AvgIpc) is 3.02. The summed E-state index contributed by atoms with van der Waals surface area (Å²) in [6.07, 6.45) is 6.06. The maximum absolute atomic E-state index is 10.3. The minimum Gasteiger partial charge on any atom is -0.493 e. The van der Waals surface area contributed by atoms with Gasteiger partial charge in [0, 0.05) is 41.1 Å². The summed E-state index contributed by atoms with van der Waals surface area (Å²) in [5.41, 5.74) is 6.75. The predicted molar refractivity (Wildman–Crippen MR) is 170 cm³/mol. The normalized spacial score (nSPS) is 14.0. The molecule has 0 radical (unpaired) electrons. The lowest BCUT2D eigenvalue weighted by atomic mass is 9.88. The van der Waals surface area contributed by atoms with E-state index in [9.17, 15) is 14.4 Å². The Balaban J connectivity index is 0.000000202. The molecule has 0 bridgehead atoms. The number of hydrogen-bond donors (Lipinski definition) is 3. The number of piperidine rings is 1. The number of nitrogens with zero attached hydrogens (tertiary/aromatic N) is 1. The number of carboxylic acids is 3. The molecule has 0 aromatic heterocycles. The highest BCUT2D eigenvalue weighted by Crippen LogP contribution is 2.47.